The number of rotatable bonds is 7. The van der Waals surface area contributed by atoms with Gasteiger partial charge in [0.15, 0.2) is 18.2 Å². The molecule has 5 unspecified atom stereocenters. The third kappa shape index (κ3) is 4.86. The summed E-state index contributed by atoms with van der Waals surface area (Å²) in [6.07, 6.45) is -3.45. The van der Waals surface area contributed by atoms with Crippen LogP contribution in [0.4, 0.5) is 14.0 Å². The lowest BCUT2D eigenvalue weighted by Crippen LogP contribution is -2.58. The van der Waals surface area contributed by atoms with Crippen LogP contribution in [0.1, 0.15) is 25.5 Å². The van der Waals surface area contributed by atoms with Crippen molar-refractivity contribution in [3.8, 4) is 0 Å². The number of amides is 3. The van der Waals surface area contributed by atoms with E-state index in [2.05, 4.69) is 20.9 Å². The minimum Gasteiger partial charge on any atom is -0.450 e. The molecular weight excluding hydrogens is 403 g/mol. The summed E-state index contributed by atoms with van der Waals surface area (Å²) in [5.74, 6) is -0.900. The van der Waals surface area contributed by atoms with Crippen molar-refractivity contribution in [3.63, 3.8) is 0 Å². The van der Waals surface area contributed by atoms with Gasteiger partial charge >= 0.3 is 12.1 Å². The van der Waals surface area contributed by atoms with Gasteiger partial charge in [0.25, 0.3) is 0 Å². The van der Waals surface area contributed by atoms with Crippen molar-refractivity contribution in [2.45, 2.75) is 63.9 Å². The number of carbonyl (C=O) groups excluding carboxylic acids is 2. The highest BCUT2D eigenvalue weighted by molar-refractivity contribution is 5.79. The zero-order valence-corrected chi connectivity index (χ0v) is 16.6. The highest BCUT2D eigenvalue weighted by Crippen LogP contribution is 2.27. The lowest BCUT2D eigenvalue weighted by molar-refractivity contribution is -0.0597. The highest BCUT2D eigenvalue weighted by atomic mass is 19.1. The van der Waals surface area contributed by atoms with Crippen LogP contribution in [0, 0.1) is 6.92 Å². The van der Waals surface area contributed by atoms with E-state index < -0.39 is 48.7 Å². The Morgan fingerprint density at radius 1 is 1.43 bits per heavy atom. The molecule has 1 fully saturated rings. The van der Waals surface area contributed by atoms with Gasteiger partial charge in [-0.2, -0.15) is 0 Å². The molecule has 4 N–H and O–H groups in total. The van der Waals surface area contributed by atoms with E-state index in [4.69, 9.17) is 9.47 Å². The number of aliphatic hydroxyl groups excluding tert-OH is 2. The van der Waals surface area contributed by atoms with Gasteiger partial charge < -0.3 is 25.0 Å². The Bertz CT molecular complexity index is 803. The first-order chi connectivity index (χ1) is 14.3. The molecule has 12 nitrogen and oxygen atoms in total. The van der Waals surface area contributed by atoms with Gasteiger partial charge in [0.2, 0.25) is 0 Å². The molecule has 0 radical (unpaired) electrons. The van der Waals surface area contributed by atoms with E-state index in [1.165, 1.54) is 4.68 Å². The van der Waals surface area contributed by atoms with Crippen LogP contribution in [-0.4, -0.2) is 79.5 Å². The SMILES string of the molecule is CCCCOC(=O)NC1NC(=O)N(C2OC(Cn3cc(C)nn3)C(O)C2O)C=C1F. The first-order valence-corrected chi connectivity index (χ1v) is 9.57. The molecule has 166 valence electrons. The molecule has 3 rings (SSSR count). The van der Waals surface area contributed by atoms with Gasteiger partial charge in [-0.05, 0) is 13.3 Å². The molecule has 3 heterocycles. The molecule has 0 bridgehead atoms. The number of unbranched alkanes of at least 4 members (excludes halogenated alkanes) is 1. The van der Waals surface area contributed by atoms with Gasteiger partial charge in [0, 0.05) is 12.4 Å². The summed E-state index contributed by atoms with van der Waals surface area (Å²) in [6, 6.07) is -0.830. The summed E-state index contributed by atoms with van der Waals surface area (Å²) < 4.78 is 26.4. The van der Waals surface area contributed by atoms with Gasteiger partial charge in [0.05, 0.1) is 18.8 Å². The second-order valence-electron chi connectivity index (χ2n) is 7.07. The Hall–Kier alpha value is -2.77. The fraction of sp³-hybridized carbons (Fsp3) is 0.647. The summed E-state index contributed by atoms with van der Waals surface area (Å²) in [6.45, 7) is 3.91. The second-order valence-corrected chi connectivity index (χ2v) is 7.07. The Kier molecular flexibility index (Phi) is 6.84. The van der Waals surface area contributed by atoms with Gasteiger partial charge in [-0.1, -0.05) is 18.6 Å². The molecule has 0 spiro atoms. The predicted molar refractivity (Wildman–Crippen MR) is 98.2 cm³/mol. The van der Waals surface area contributed by atoms with E-state index in [0.717, 1.165) is 17.5 Å². The van der Waals surface area contributed by atoms with Gasteiger partial charge in [-0.25, -0.2) is 18.7 Å². The third-order valence-corrected chi connectivity index (χ3v) is 4.67. The molecule has 1 aromatic heterocycles. The summed E-state index contributed by atoms with van der Waals surface area (Å²) in [4.78, 5) is 24.9. The molecule has 1 aromatic rings. The van der Waals surface area contributed by atoms with Gasteiger partial charge in [-0.3, -0.25) is 10.2 Å². The maximum atomic E-state index is 14.5. The lowest BCUT2D eigenvalue weighted by Gasteiger charge is -2.33. The molecule has 0 saturated carbocycles. The van der Waals surface area contributed by atoms with Crippen molar-refractivity contribution in [2.75, 3.05) is 6.61 Å². The molecule has 3 amide bonds. The Morgan fingerprint density at radius 3 is 2.87 bits per heavy atom. The Morgan fingerprint density at radius 2 is 2.20 bits per heavy atom. The summed E-state index contributed by atoms with van der Waals surface area (Å²) in [5.41, 5.74) is 0.659. The van der Waals surface area contributed by atoms with Crippen LogP contribution < -0.4 is 10.6 Å². The van der Waals surface area contributed by atoms with Crippen LogP contribution >= 0.6 is 0 Å². The fourth-order valence-electron chi connectivity index (χ4n) is 3.07. The number of alkyl carbamates (subject to hydrolysis) is 1. The standard InChI is InChI=1S/C17H25FN6O6/c1-3-4-5-29-17(28)20-14-10(18)7-24(16(27)19-14)15-13(26)12(25)11(30-15)8-23-6-9(2)21-22-23/h6-7,11-15,25-26H,3-5,8H2,1-2H3,(H,19,27)(H,20,28). The van der Waals surface area contributed by atoms with Crippen molar-refractivity contribution in [2.24, 2.45) is 0 Å². The number of nitrogens with zero attached hydrogens (tertiary/aromatic N) is 4. The molecule has 5 atom stereocenters. The van der Waals surface area contributed by atoms with Gasteiger partial charge in [0.1, 0.15) is 18.3 Å². The highest BCUT2D eigenvalue weighted by Gasteiger charge is 2.48. The monoisotopic (exact) mass is 428 g/mol. The number of aromatic nitrogens is 3. The largest absolute Gasteiger partial charge is 0.450 e. The van der Waals surface area contributed by atoms with Crippen LogP contribution in [-0.2, 0) is 16.0 Å². The lowest BCUT2D eigenvalue weighted by atomic mass is 10.1. The van der Waals surface area contributed by atoms with Crippen molar-refractivity contribution in [3.05, 3.63) is 23.9 Å². The summed E-state index contributed by atoms with van der Waals surface area (Å²) in [7, 11) is 0. The van der Waals surface area contributed by atoms with Crippen molar-refractivity contribution in [1.82, 2.24) is 30.5 Å². The number of aryl methyl sites for hydroxylation is 1. The molecule has 13 heteroatoms. The molecule has 2 aliphatic heterocycles. The van der Waals surface area contributed by atoms with E-state index in [1.807, 2.05) is 6.92 Å². The minimum absolute atomic E-state index is 0.0744. The van der Waals surface area contributed by atoms with E-state index in [0.29, 0.717) is 12.1 Å². The van der Waals surface area contributed by atoms with Crippen LogP contribution in [0.25, 0.3) is 0 Å². The zero-order valence-electron chi connectivity index (χ0n) is 16.6. The van der Waals surface area contributed by atoms with Crippen LogP contribution in [0.2, 0.25) is 0 Å². The van der Waals surface area contributed by atoms with E-state index >= 15 is 0 Å². The number of hydrogen-bond donors (Lipinski definition) is 4. The first kappa shape index (κ1) is 21.9. The maximum Gasteiger partial charge on any atom is 0.409 e. The Labute approximate surface area is 171 Å². The molecule has 30 heavy (non-hydrogen) atoms. The Balaban J connectivity index is 1.63. The zero-order chi connectivity index (χ0) is 21.8. The van der Waals surface area contributed by atoms with Crippen LogP contribution in [0.15, 0.2) is 18.2 Å². The van der Waals surface area contributed by atoms with Gasteiger partial charge in [-0.15, -0.1) is 5.10 Å². The quantitative estimate of drug-likeness (QED) is 0.433. The normalized spacial score (nSPS) is 28.8. The maximum absolute atomic E-state index is 14.5. The molecule has 1 saturated heterocycles. The molecule has 2 aliphatic rings. The second kappa shape index (κ2) is 9.36. The van der Waals surface area contributed by atoms with E-state index in [1.54, 1.807) is 13.1 Å². The number of ether oxygens (including phenoxy) is 2. The number of carbonyl (C=O) groups is 2. The number of halogens is 1. The average Bonchev–Trinajstić information content (AvgIpc) is 3.23. The van der Waals surface area contributed by atoms with E-state index in [9.17, 15) is 24.2 Å². The van der Waals surface area contributed by atoms with Crippen molar-refractivity contribution < 1.29 is 33.7 Å². The number of aliphatic hydroxyl groups is 2. The smallest absolute Gasteiger partial charge is 0.409 e. The third-order valence-electron chi connectivity index (χ3n) is 4.67. The topological polar surface area (TPSA) is 151 Å². The molecule has 0 aromatic carbocycles. The van der Waals surface area contributed by atoms with Crippen LogP contribution in [0.5, 0.6) is 0 Å². The number of urea groups is 1. The van der Waals surface area contributed by atoms with Crippen molar-refractivity contribution in [1.29, 1.82) is 0 Å². The number of nitrogens with one attached hydrogen (secondary N) is 2. The molecular formula is C17H25FN6O6. The minimum atomic E-state index is -1.49. The first-order valence-electron chi connectivity index (χ1n) is 9.57. The van der Waals surface area contributed by atoms with E-state index in [-0.39, 0.29) is 13.2 Å². The van der Waals surface area contributed by atoms with Crippen LogP contribution in [0.3, 0.4) is 0 Å². The summed E-state index contributed by atoms with van der Waals surface area (Å²) in [5, 5.41) is 32.7. The predicted octanol–water partition coefficient (Wildman–Crippen LogP) is -0.278. The molecule has 0 aliphatic carbocycles. The summed E-state index contributed by atoms with van der Waals surface area (Å²) >= 11 is 0. The van der Waals surface area contributed by atoms with Crippen molar-refractivity contribution >= 4 is 12.1 Å². The number of hydrogen-bond acceptors (Lipinski definition) is 8. The average molecular weight is 428 g/mol. The fourth-order valence-corrected chi connectivity index (χ4v) is 3.07.